The molecule has 1 saturated heterocycles. The zero-order valence-electron chi connectivity index (χ0n) is 18.8. The van der Waals surface area contributed by atoms with Crippen molar-refractivity contribution < 1.29 is 13.6 Å². The maximum atomic E-state index is 14.0. The van der Waals surface area contributed by atoms with Crippen molar-refractivity contribution in [2.45, 2.75) is 19.4 Å². The van der Waals surface area contributed by atoms with Crippen LogP contribution in [0.5, 0.6) is 0 Å². The van der Waals surface area contributed by atoms with Gasteiger partial charge in [0, 0.05) is 48.1 Å². The van der Waals surface area contributed by atoms with Crippen molar-refractivity contribution in [1.82, 2.24) is 15.1 Å². The number of rotatable bonds is 4. The lowest BCUT2D eigenvalue weighted by molar-refractivity contribution is -0.131. The summed E-state index contributed by atoms with van der Waals surface area (Å²) in [4.78, 5) is 16.7. The molecule has 1 aromatic heterocycles. The smallest absolute Gasteiger partial charge is 0.227 e. The number of carbonyl (C=O) groups is 1. The highest BCUT2D eigenvalue weighted by Crippen LogP contribution is 2.32. The number of benzene rings is 3. The van der Waals surface area contributed by atoms with Crippen molar-refractivity contribution in [1.29, 1.82) is 0 Å². The third kappa shape index (κ3) is 4.21. The average Bonchev–Trinajstić information content (AvgIpc) is 2.85. The van der Waals surface area contributed by atoms with Gasteiger partial charge in [-0.15, -0.1) is 10.2 Å². The molecule has 4 aromatic rings. The van der Waals surface area contributed by atoms with Gasteiger partial charge in [-0.2, -0.15) is 0 Å². The second-order valence-corrected chi connectivity index (χ2v) is 8.58. The highest BCUT2D eigenvalue weighted by molar-refractivity contribution is 6.00. The van der Waals surface area contributed by atoms with E-state index >= 15 is 0 Å². The molecule has 1 fully saturated rings. The van der Waals surface area contributed by atoms with Gasteiger partial charge in [-0.1, -0.05) is 60.7 Å². The Balaban J connectivity index is 1.37. The molecule has 0 saturated carbocycles. The van der Waals surface area contributed by atoms with Gasteiger partial charge in [0.15, 0.2) is 5.82 Å². The Kier molecular flexibility index (Phi) is 5.92. The van der Waals surface area contributed by atoms with E-state index in [2.05, 4.69) is 21.2 Å². The summed E-state index contributed by atoms with van der Waals surface area (Å²) >= 11 is 0. The highest BCUT2D eigenvalue weighted by Gasteiger charge is 2.29. The van der Waals surface area contributed by atoms with Crippen LogP contribution in [0.15, 0.2) is 72.8 Å². The van der Waals surface area contributed by atoms with Gasteiger partial charge >= 0.3 is 0 Å². The van der Waals surface area contributed by atoms with Gasteiger partial charge in [-0.05, 0) is 18.6 Å². The van der Waals surface area contributed by atoms with E-state index in [0.717, 1.165) is 33.9 Å². The van der Waals surface area contributed by atoms with E-state index in [1.54, 1.807) is 4.90 Å². The zero-order chi connectivity index (χ0) is 23.7. The van der Waals surface area contributed by atoms with E-state index in [9.17, 15) is 13.6 Å². The Hall–Kier alpha value is -3.87. The summed E-state index contributed by atoms with van der Waals surface area (Å²) in [5, 5.41) is 11.2. The Morgan fingerprint density at radius 3 is 2.41 bits per heavy atom. The van der Waals surface area contributed by atoms with E-state index in [-0.39, 0.29) is 23.9 Å². The number of hydrogen-bond donors (Lipinski definition) is 0. The van der Waals surface area contributed by atoms with Gasteiger partial charge in [-0.25, -0.2) is 8.78 Å². The molecule has 0 unspecified atom stereocenters. The number of amides is 1. The van der Waals surface area contributed by atoms with Crippen molar-refractivity contribution in [3.8, 4) is 11.3 Å². The largest absolute Gasteiger partial charge is 0.348 e. The van der Waals surface area contributed by atoms with Gasteiger partial charge < -0.3 is 9.80 Å². The molecular formula is C27H24F2N4O. The molecule has 1 aliphatic heterocycles. The fourth-order valence-corrected chi connectivity index (χ4v) is 4.55. The first-order chi connectivity index (χ1) is 16.5. The number of aromatic nitrogens is 2. The number of piperazine rings is 1. The van der Waals surface area contributed by atoms with Crippen LogP contribution in [0, 0.1) is 11.6 Å². The molecule has 172 valence electrons. The van der Waals surface area contributed by atoms with E-state index in [1.807, 2.05) is 55.5 Å². The van der Waals surface area contributed by atoms with Gasteiger partial charge in [0.1, 0.15) is 17.3 Å². The predicted molar refractivity (Wildman–Crippen MR) is 128 cm³/mol. The fourth-order valence-electron chi connectivity index (χ4n) is 4.55. The minimum Gasteiger partial charge on any atom is -0.348 e. The van der Waals surface area contributed by atoms with Crippen molar-refractivity contribution in [2.24, 2.45) is 0 Å². The highest BCUT2D eigenvalue weighted by atomic mass is 19.1. The van der Waals surface area contributed by atoms with Crippen molar-refractivity contribution in [3.63, 3.8) is 0 Å². The molecule has 5 nitrogen and oxygen atoms in total. The summed E-state index contributed by atoms with van der Waals surface area (Å²) in [5.74, 6) is -0.727. The summed E-state index contributed by atoms with van der Waals surface area (Å²) in [7, 11) is 0. The lowest BCUT2D eigenvalue weighted by Gasteiger charge is -2.40. The van der Waals surface area contributed by atoms with Gasteiger partial charge in [0.05, 0.1) is 6.42 Å². The maximum Gasteiger partial charge on any atom is 0.227 e. The Bertz CT molecular complexity index is 1350. The van der Waals surface area contributed by atoms with Crippen LogP contribution >= 0.6 is 0 Å². The molecule has 1 amide bonds. The topological polar surface area (TPSA) is 49.3 Å². The molecule has 0 aliphatic carbocycles. The molecule has 0 radical (unpaired) electrons. The summed E-state index contributed by atoms with van der Waals surface area (Å²) in [6, 6.07) is 21.4. The number of hydrogen-bond acceptors (Lipinski definition) is 4. The van der Waals surface area contributed by atoms with Crippen LogP contribution in [0.25, 0.3) is 22.0 Å². The third-order valence-electron chi connectivity index (χ3n) is 6.32. The second kappa shape index (κ2) is 9.17. The zero-order valence-corrected chi connectivity index (χ0v) is 18.8. The molecule has 0 bridgehead atoms. The summed E-state index contributed by atoms with van der Waals surface area (Å²) in [6.07, 6.45) is -0.0899. The molecule has 5 rings (SSSR count). The van der Waals surface area contributed by atoms with Crippen molar-refractivity contribution >= 4 is 22.5 Å². The number of fused-ring (bicyclic) bond motifs is 1. The normalized spacial score (nSPS) is 16.1. The van der Waals surface area contributed by atoms with Crippen LogP contribution in [-0.2, 0) is 11.2 Å². The van der Waals surface area contributed by atoms with E-state index in [4.69, 9.17) is 0 Å². The first-order valence-electron chi connectivity index (χ1n) is 11.3. The second-order valence-electron chi connectivity index (χ2n) is 8.58. The number of halogens is 2. The monoisotopic (exact) mass is 458 g/mol. The molecule has 0 N–H and O–H groups in total. The predicted octanol–water partition coefficient (Wildman–Crippen LogP) is 4.85. The molecule has 0 spiro atoms. The standard InChI is InChI=1S/C27H24F2N4O/c1-18-17-32(25(34)15-20-11-12-21(28)16-24(20)29)13-14-33(18)27-23-10-6-5-9-22(23)26(30-31-27)19-7-3-2-4-8-19/h2-12,16,18H,13-15,17H2,1H3/t18-/m0/s1. The molecule has 3 aromatic carbocycles. The summed E-state index contributed by atoms with van der Waals surface area (Å²) < 4.78 is 27.2. The molecular weight excluding hydrogens is 434 g/mol. The Morgan fingerprint density at radius 2 is 1.68 bits per heavy atom. The first-order valence-corrected chi connectivity index (χ1v) is 11.3. The lowest BCUT2D eigenvalue weighted by atomic mass is 10.0. The molecule has 2 heterocycles. The van der Waals surface area contributed by atoms with Crippen LogP contribution in [0.2, 0.25) is 0 Å². The molecule has 1 atom stereocenters. The Morgan fingerprint density at radius 1 is 0.941 bits per heavy atom. The van der Waals surface area contributed by atoms with Crippen LogP contribution in [-0.4, -0.2) is 46.7 Å². The van der Waals surface area contributed by atoms with E-state index in [1.165, 1.54) is 12.1 Å². The number of nitrogens with zero attached hydrogens (tertiary/aromatic N) is 4. The summed E-state index contributed by atoms with van der Waals surface area (Å²) in [6.45, 7) is 3.60. The van der Waals surface area contributed by atoms with Gasteiger partial charge in [0.2, 0.25) is 5.91 Å². The van der Waals surface area contributed by atoms with Gasteiger partial charge in [-0.3, -0.25) is 4.79 Å². The number of carbonyl (C=O) groups excluding carboxylic acids is 1. The molecule has 34 heavy (non-hydrogen) atoms. The summed E-state index contributed by atoms with van der Waals surface area (Å²) in [5.41, 5.74) is 2.05. The van der Waals surface area contributed by atoms with Crippen molar-refractivity contribution in [2.75, 3.05) is 24.5 Å². The van der Waals surface area contributed by atoms with Crippen LogP contribution in [0.4, 0.5) is 14.6 Å². The first kappa shape index (κ1) is 21.9. The third-order valence-corrected chi connectivity index (χ3v) is 6.32. The minimum atomic E-state index is -0.694. The Labute approximate surface area is 196 Å². The lowest BCUT2D eigenvalue weighted by Crippen LogP contribution is -2.54. The van der Waals surface area contributed by atoms with E-state index in [0.29, 0.717) is 19.6 Å². The van der Waals surface area contributed by atoms with Crippen LogP contribution in [0.3, 0.4) is 0 Å². The average molecular weight is 459 g/mol. The molecule has 7 heteroatoms. The van der Waals surface area contributed by atoms with Crippen molar-refractivity contribution in [3.05, 3.63) is 90.0 Å². The fraction of sp³-hybridized carbons (Fsp3) is 0.222. The van der Waals surface area contributed by atoms with E-state index < -0.39 is 11.6 Å². The minimum absolute atomic E-state index is 0.00366. The quantitative estimate of drug-likeness (QED) is 0.439. The molecule has 1 aliphatic rings. The van der Waals surface area contributed by atoms with Gasteiger partial charge in [0.25, 0.3) is 0 Å². The van der Waals surface area contributed by atoms with Crippen LogP contribution in [0.1, 0.15) is 12.5 Å². The maximum absolute atomic E-state index is 14.0. The number of anilines is 1. The van der Waals surface area contributed by atoms with Crippen LogP contribution < -0.4 is 4.90 Å². The SMILES string of the molecule is C[C@H]1CN(C(=O)Cc2ccc(F)cc2F)CCN1c1nnc(-c2ccccc2)c2ccccc12.